The molecule has 0 bridgehead atoms. The molecule has 4 saturated carbocycles. The summed E-state index contributed by atoms with van der Waals surface area (Å²) in [4.78, 5) is 75.9. The standard InChI is InChI=1S/C23H25N7O4.C23H25N7O3.C22H23N7O3.C18H17N7/c31-10-16-18(32)19(33)22(34-16)30-11-25-17-20(26-13-4-1-5-13)28-23(29-21(17)30)27-14-6-7-15-12(9-14)3-2-8-24-15;31-11-18-17(32)10-19(33-18)30-12-25-20-21(26-14-4-1-5-14)28-23(29-22(20)30)27-15-6-7-16-13(9-15)3-2-8-24-16;30-10-16-15(31)9-17(32-16)29-11-24-18-20(25-13-5-6-13)27-22(28-21(18)29)26-19-14-4-2-1-3-12(14)7-8-23-19;1-4-12(5-1)22-17-15-16(21-10-20-15)24-18(25-17)23-13-6-7-14-11(9-13)3-2-8-19-14/h2-3,6-9,11,13,16,18-19,22,31-33H,1,4-5,10H2,(H2,26,27,28,29);2-3,6-9,12,14,17-19,31-32H,1,4-5,10-11H2,(H2,26,27,28,29);1-4,7-8,11,13,15-17,30-31H,5-6,9-10H2,(H2,23,25,26,27,28);2-3,6-10,12H,1,4-5H2,(H3,20,21,22,23,24,25). The fraction of sp³-hybridized carbons (Fsp3) is 0.349. The maximum atomic E-state index is 10.5. The van der Waals surface area contributed by atoms with Crippen LogP contribution in [-0.4, -0.2) is 221 Å². The molecule has 23 rings (SSSR count). The van der Waals surface area contributed by atoms with E-state index in [-0.39, 0.29) is 13.2 Å². The number of H-pyrrole nitrogens is 1. The number of fused-ring (bicyclic) bond motifs is 8. The molecule has 38 heteroatoms. The van der Waals surface area contributed by atoms with Gasteiger partial charge >= 0.3 is 0 Å². The number of rotatable bonds is 22. The van der Waals surface area contributed by atoms with Crippen molar-refractivity contribution < 1.29 is 50.0 Å². The maximum Gasteiger partial charge on any atom is 0.232 e. The summed E-state index contributed by atoms with van der Waals surface area (Å²) < 4.78 is 22.6. The van der Waals surface area contributed by atoms with E-state index in [1.807, 2.05) is 121 Å². The van der Waals surface area contributed by atoms with Crippen molar-refractivity contribution in [2.24, 2.45) is 0 Å². The molecule has 3 saturated heterocycles. The Balaban J connectivity index is 0.000000105. The van der Waals surface area contributed by atoms with E-state index >= 15 is 0 Å². The molecule has 16 aromatic rings. The van der Waals surface area contributed by atoms with E-state index < -0.39 is 68.0 Å². The van der Waals surface area contributed by atoms with E-state index in [4.69, 9.17) is 29.2 Å². The lowest BCUT2D eigenvalue weighted by Crippen LogP contribution is -2.33. The summed E-state index contributed by atoms with van der Waals surface area (Å²) >= 11 is 0. The summed E-state index contributed by atoms with van der Waals surface area (Å²) in [5.74, 6) is 5.09. The number of aromatic nitrogens is 20. The van der Waals surface area contributed by atoms with Crippen LogP contribution in [-0.2, 0) is 14.2 Å². The largest absolute Gasteiger partial charge is 0.394 e. The molecular weight excluding hydrogens is 1590 g/mol. The van der Waals surface area contributed by atoms with Gasteiger partial charge in [0.15, 0.2) is 68.6 Å². The molecule has 10 atom stereocenters. The molecule has 634 valence electrons. The minimum Gasteiger partial charge on any atom is -0.394 e. The summed E-state index contributed by atoms with van der Waals surface area (Å²) in [6.45, 7) is -0.890. The minimum atomic E-state index is -1.24. The van der Waals surface area contributed by atoms with E-state index in [9.17, 15) is 35.7 Å². The van der Waals surface area contributed by atoms with Gasteiger partial charge < -0.3 is 97.5 Å². The zero-order valence-corrected chi connectivity index (χ0v) is 66.9. The third kappa shape index (κ3) is 16.6. The Morgan fingerprint density at radius 2 is 0.798 bits per heavy atom. The molecule has 4 aliphatic carbocycles. The second kappa shape index (κ2) is 34.6. The van der Waals surface area contributed by atoms with Gasteiger partial charge in [-0.05, 0) is 155 Å². The van der Waals surface area contributed by atoms with Crippen molar-refractivity contribution in [1.29, 1.82) is 0 Å². The molecule has 0 radical (unpaired) electrons. The van der Waals surface area contributed by atoms with Crippen molar-refractivity contribution in [3.05, 3.63) is 171 Å². The average Bonchev–Trinajstić information content (AvgIpc) is 1.61. The highest BCUT2D eigenvalue weighted by atomic mass is 16.6. The number of aliphatic hydroxyl groups is 7. The fourth-order valence-corrected chi connectivity index (χ4v) is 15.9. The third-order valence-corrected chi connectivity index (χ3v) is 23.5. The second-order valence-electron chi connectivity index (χ2n) is 32.0. The molecule has 38 nitrogen and oxygen atoms in total. The molecule has 15 heterocycles. The number of ether oxygens (including phenoxy) is 3. The minimum absolute atomic E-state index is 0.239. The molecule has 7 fully saturated rings. The quantitative estimate of drug-likeness (QED) is 0.0300. The first-order valence-electron chi connectivity index (χ1n) is 41.8. The number of imidazole rings is 4. The summed E-state index contributed by atoms with van der Waals surface area (Å²) in [5, 5.41) is 102. The lowest BCUT2D eigenvalue weighted by molar-refractivity contribution is -0.0511. The van der Waals surface area contributed by atoms with Gasteiger partial charge in [-0.2, -0.15) is 39.9 Å². The molecule has 10 unspecified atom stereocenters. The van der Waals surface area contributed by atoms with E-state index in [2.05, 4.69) is 112 Å². The van der Waals surface area contributed by atoms with Crippen molar-refractivity contribution in [2.45, 2.75) is 169 Å². The SMILES string of the molecule is OCC1OC(n2cnc3c(NC4CC4)nc(Nc4nccc5ccccc45)nc32)CC1O.OCC1OC(n2cnc3c(NC4CCC4)nc(Nc4ccc5ncccc5c4)nc32)C(O)C1O.OCC1OC(n2cnc3c(NC4CCC4)nc(Nc4ccc5ncccc5c4)nc32)CC1O.c1cnc2ccc(Nc3nc(NC4CCC4)c4[nH]cnc4n3)cc2c1. The van der Waals surface area contributed by atoms with Crippen molar-refractivity contribution in [3.8, 4) is 0 Å². The lowest BCUT2D eigenvalue weighted by atomic mass is 9.93. The Morgan fingerprint density at radius 3 is 1.25 bits per heavy atom. The van der Waals surface area contributed by atoms with Crippen LogP contribution in [0.2, 0.25) is 0 Å². The molecule has 3 aliphatic heterocycles. The monoisotopic (exact) mass is 1670 g/mol. The van der Waals surface area contributed by atoms with Crippen LogP contribution in [0.5, 0.6) is 0 Å². The predicted octanol–water partition coefficient (Wildman–Crippen LogP) is 10.4. The second-order valence-corrected chi connectivity index (χ2v) is 32.0. The number of pyridine rings is 4. The van der Waals surface area contributed by atoms with E-state index in [0.717, 1.165) is 110 Å². The average molecular weight is 1680 g/mol. The first-order chi connectivity index (χ1) is 60.8. The van der Waals surface area contributed by atoms with E-state index in [1.165, 1.54) is 38.4 Å². The van der Waals surface area contributed by atoms with Gasteiger partial charge in [-0.15, -0.1) is 0 Å². The Bertz CT molecular complexity index is 6540. The highest BCUT2D eigenvalue weighted by Crippen LogP contribution is 2.40. The van der Waals surface area contributed by atoms with Crippen LogP contribution in [0.1, 0.15) is 102 Å². The normalized spacial score (nSPS) is 21.9. The number of aliphatic hydroxyl groups excluding tert-OH is 7. The number of anilines is 12. The maximum absolute atomic E-state index is 10.5. The van der Waals surface area contributed by atoms with Gasteiger partial charge in [-0.1, -0.05) is 42.5 Å². The fourth-order valence-electron chi connectivity index (χ4n) is 15.9. The van der Waals surface area contributed by atoms with Crippen molar-refractivity contribution in [3.63, 3.8) is 0 Å². The number of aromatic amines is 1. The Hall–Kier alpha value is -13.3. The summed E-state index contributed by atoms with van der Waals surface area (Å²) in [6.07, 6.45) is 18.8. The van der Waals surface area contributed by atoms with Crippen molar-refractivity contribution in [2.75, 3.05) is 62.4 Å². The Labute approximate surface area is 705 Å². The number of hydrogen-bond acceptors (Lipinski definition) is 34. The first kappa shape index (κ1) is 79.2. The number of hydrogen-bond donors (Lipinski definition) is 16. The molecule has 124 heavy (non-hydrogen) atoms. The molecule has 7 aliphatic rings. The van der Waals surface area contributed by atoms with Crippen LogP contribution in [0.3, 0.4) is 0 Å². The number of benzene rings is 4. The van der Waals surface area contributed by atoms with Gasteiger partial charge in [0.1, 0.15) is 54.3 Å². The Kier molecular flexibility index (Phi) is 22.1. The van der Waals surface area contributed by atoms with Gasteiger partial charge in [-0.3, -0.25) is 28.7 Å². The van der Waals surface area contributed by atoms with Crippen LogP contribution in [0.15, 0.2) is 171 Å². The zero-order valence-electron chi connectivity index (χ0n) is 66.9. The van der Waals surface area contributed by atoms with Gasteiger partial charge in [0.05, 0.1) is 73.9 Å². The molecule has 12 aromatic heterocycles. The van der Waals surface area contributed by atoms with Gasteiger partial charge in [0.25, 0.3) is 0 Å². The van der Waals surface area contributed by atoms with Crippen LogP contribution in [0, 0.1) is 0 Å². The van der Waals surface area contributed by atoms with Gasteiger partial charge in [0, 0.05) is 100 Å². The van der Waals surface area contributed by atoms with Crippen LogP contribution in [0.4, 0.5) is 69.9 Å². The molecule has 16 N–H and O–H groups in total. The van der Waals surface area contributed by atoms with Gasteiger partial charge in [0.2, 0.25) is 23.8 Å². The van der Waals surface area contributed by atoms with Crippen LogP contribution in [0.25, 0.3) is 88.1 Å². The zero-order chi connectivity index (χ0) is 83.9. The lowest BCUT2D eigenvalue weighted by Gasteiger charge is -2.27. The topological polar surface area (TPSA) is 502 Å². The molecular formula is C86H90N28O10. The number of nitrogens with one attached hydrogen (secondary N) is 9. The first-order valence-corrected chi connectivity index (χ1v) is 41.8. The van der Waals surface area contributed by atoms with Crippen molar-refractivity contribution >= 4 is 158 Å². The third-order valence-electron chi connectivity index (χ3n) is 23.5. The highest BCUT2D eigenvalue weighted by molar-refractivity contribution is 5.94. The molecule has 0 spiro atoms. The predicted molar refractivity (Wildman–Crippen MR) is 464 cm³/mol. The summed E-state index contributed by atoms with van der Waals surface area (Å²) in [5.41, 5.74) is 10.3. The van der Waals surface area contributed by atoms with E-state index in [1.54, 1.807) is 57.5 Å². The van der Waals surface area contributed by atoms with Crippen LogP contribution < -0.4 is 42.5 Å². The van der Waals surface area contributed by atoms with Crippen molar-refractivity contribution in [1.82, 2.24) is 98.4 Å². The smallest absolute Gasteiger partial charge is 0.232 e. The number of nitrogens with zero attached hydrogens (tertiary/aromatic N) is 19. The van der Waals surface area contributed by atoms with Gasteiger partial charge in [-0.25, -0.2) is 24.9 Å². The Morgan fingerprint density at radius 1 is 0.371 bits per heavy atom. The van der Waals surface area contributed by atoms with E-state index in [0.29, 0.717) is 123 Å². The molecule has 4 aromatic carbocycles. The highest BCUT2D eigenvalue weighted by Gasteiger charge is 2.45. The summed E-state index contributed by atoms with van der Waals surface area (Å²) in [7, 11) is 0. The molecule has 0 amide bonds. The summed E-state index contributed by atoms with van der Waals surface area (Å²) in [6, 6.07) is 41.0. The van der Waals surface area contributed by atoms with Crippen LogP contribution >= 0.6 is 0 Å².